The largest absolute Gasteiger partial charge is 0.288 e. The quantitative estimate of drug-likeness (QED) is 0.428. The number of aromatic nitrogens is 4. The van der Waals surface area contributed by atoms with Gasteiger partial charge in [-0.3, -0.25) is 4.79 Å². The molecule has 3 aromatic heterocycles. The van der Waals surface area contributed by atoms with Gasteiger partial charge in [-0.15, -0.1) is 16.4 Å². The second kappa shape index (κ2) is 5.40. The number of thiophene rings is 1. The highest BCUT2D eigenvalue weighted by Gasteiger charge is 2.09. The molecule has 0 radical (unpaired) electrons. The predicted molar refractivity (Wildman–Crippen MR) is 90.7 cm³/mol. The number of benzene rings is 1. The summed E-state index contributed by atoms with van der Waals surface area (Å²) in [5.41, 5.74) is 3.56. The first-order chi connectivity index (χ1) is 11.2. The smallest absolute Gasteiger partial charge is 0.195 e. The number of carbonyl (C=O) groups is 1. The van der Waals surface area contributed by atoms with Gasteiger partial charge in [0.25, 0.3) is 0 Å². The van der Waals surface area contributed by atoms with E-state index in [0.717, 1.165) is 22.0 Å². The first-order valence-electron chi connectivity index (χ1n) is 7.10. The van der Waals surface area contributed by atoms with Gasteiger partial charge in [0, 0.05) is 10.9 Å². The van der Waals surface area contributed by atoms with Gasteiger partial charge < -0.3 is 0 Å². The van der Waals surface area contributed by atoms with E-state index < -0.39 is 0 Å². The van der Waals surface area contributed by atoms with Gasteiger partial charge >= 0.3 is 0 Å². The lowest BCUT2D eigenvalue weighted by Gasteiger charge is -2.04. The fourth-order valence-corrected chi connectivity index (χ4v) is 3.18. The Hall–Kier alpha value is -2.86. The van der Waals surface area contributed by atoms with Gasteiger partial charge in [-0.05, 0) is 59.1 Å². The maximum absolute atomic E-state index is 12.1. The maximum atomic E-state index is 12.1. The number of carbonyl (C=O) groups excluding carboxylic acids is 1. The maximum Gasteiger partial charge on any atom is 0.195 e. The van der Waals surface area contributed by atoms with E-state index in [-0.39, 0.29) is 5.78 Å². The molecule has 0 unspecified atom stereocenters. The van der Waals surface area contributed by atoms with Crippen molar-refractivity contribution >= 4 is 39.7 Å². The first-order valence-corrected chi connectivity index (χ1v) is 7.98. The van der Waals surface area contributed by atoms with Gasteiger partial charge in [0.15, 0.2) is 11.4 Å². The van der Waals surface area contributed by atoms with Crippen LogP contribution in [0, 0.1) is 6.92 Å². The SMILES string of the molecule is Cc1ccc2c(c1)cc(/C=C/C(=O)c1cccs1)c1nnnn12. The lowest BCUT2D eigenvalue weighted by molar-refractivity contribution is 0.105. The molecule has 4 aromatic rings. The van der Waals surface area contributed by atoms with Crippen molar-refractivity contribution in [3.8, 4) is 0 Å². The average molecular weight is 320 g/mol. The molecule has 0 N–H and O–H groups in total. The molecule has 3 heterocycles. The Morgan fingerprint density at radius 2 is 2.17 bits per heavy atom. The van der Waals surface area contributed by atoms with Crippen molar-refractivity contribution in [3.63, 3.8) is 0 Å². The second-order valence-electron chi connectivity index (χ2n) is 5.25. The molecular formula is C17H12N4OS. The normalized spacial score (nSPS) is 11.7. The number of nitrogens with zero attached hydrogens (tertiary/aromatic N) is 4. The zero-order valence-electron chi connectivity index (χ0n) is 12.3. The Kier molecular flexibility index (Phi) is 3.24. The summed E-state index contributed by atoms with van der Waals surface area (Å²) in [7, 11) is 0. The van der Waals surface area contributed by atoms with E-state index in [0.29, 0.717) is 10.5 Å². The molecule has 0 saturated heterocycles. The Balaban J connectivity index is 1.85. The van der Waals surface area contributed by atoms with Crippen LogP contribution < -0.4 is 0 Å². The van der Waals surface area contributed by atoms with E-state index in [1.807, 2.05) is 42.6 Å². The number of aryl methyl sites for hydroxylation is 1. The van der Waals surface area contributed by atoms with Crippen molar-refractivity contribution < 1.29 is 4.79 Å². The zero-order chi connectivity index (χ0) is 15.8. The second-order valence-corrected chi connectivity index (χ2v) is 6.20. The van der Waals surface area contributed by atoms with Gasteiger partial charge in [-0.1, -0.05) is 17.7 Å². The van der Waals surface area contributed by atoms with Crippen LogP contribution in [0.3, 0.4) is 0 Å². The standard InChI is InChI=1S/C17H12N4OS/c1-11-4-6-14-13(9-11)10-12(17-18-19-20-21(14)17)5-7-15(22)16-3-2-8-23-16/h2-10H,1H3/b7-5+. The summed E-state index contributed by atoms with van der Waals surface area (Å²) in [4.78, 5) is 12.9. The number of rotatable bonds is 3. The third kappa shape index (κ3) is 2.43. The van der Waals surface area contributed by atoms with Crippen molar-refractivity contribution in [2.45, 2.75) is 6.92 Å². The summed E-state index contributed by atoms with van der Waals surface area (Å²) in [6, 6.07) is 11.8. The highest BCUT2D eigenvalue weighted by Crippen LogP contribution is 2.21. The fourth-order valence-electron chi connectivity index (χ4n) is 2.53. The van der Waals surface area contributed by atoms with Crippen LogP contribution in [-0.4, -0.2) is 25.8 Å². The molecule has 6 heteroatoms. The third-order valence-electron chi connectivity index (χ3n) is 3.63. The third-order valence-corrected chi connectivity index (χ3v) is 4.51. The number of ketones is 1. The minimum absolute atomic E-state index is 0.0186. The van der Waals surface area contributed by atoms with Crippen LogP contribution in [0.2, 0.25) is 0 Å². The molecule has 0 spiro atoms. The van der Waals surface area contributed by atoms with E-state index in [1.54, 1.807) is 16.7 Å². The number of fused-ring (bicyclic) bond motifs is 3. The van der Waals surface area contributed by atoms with Crippen molar-refractivity contribution in [3.05, 3.63) is 63.9 Å². The van der Waals surface area contributed by atoms with Crippen molar-refractivity contribution in [1.29, 1.82) is 0 Å². The lowest BCUT2D eigenvalue weighted by atomic mass is 10.1. The Morgan fingerprint density at radius 1 is 1.26 bits per heavy atom. The number of hydrogen-bond acceptors (Lipinski definition) is 5. The molecule has 0 atom stereocenters. The topological polar surface area (TPSA) is 60.2 Å². The van der Waals surface area contributed by atoms with Crippen molar-refractivity contribution in [2.24, 2.45) is 0 Å². The molecular weight excluding hydrogens is 308 g/mol. The molecule has 0 aliphatic rings. The van der Waals surface area contributed by atoms with E-state index >= 15 is 0 Å². The van der Waals surface area contributed by atoms with Crippen LogP contribution in [0.4, 0.5) is 0 Å². The molecule has 4 rings (SSSR count). The molecule has 0 bridgehead atoms. The van der Waals surface area contributed by atoms with Gasteiger partial charge in [0.1, 0.15) is 0 Å². The molecule has 0 aliphatic heterocycles. The molecule has 0 amide bonds. The summed E-state index contributed by atoms with van der Waals surface area (Å²) >= 11 is 1.43. The summed E-state index contributed by atoms with van der Waals surface area (Å²) < 4.78 is 1.70. The Morgan fingerprint density at radius 3 is 3.00 bits per heavy atom. The zero-order valence-corrected chi connectivity index (χ0v) is 13.1. The van der Waals surface area contributed by atoms with Gasteiger partial charge in [-0.2, -0.15) is 4.52 Å². The Bertz CT molecular complexity index is 1050. The van der Waals surface area contributed by atoms with Crippen molar-refractivity contribution in [2.75, 3.05) is 0 Å². The monoisotopic (exact) mass is 320 g/mol. The van der Waals surface area contributed by atoms with Gasteiger partial charge in [-0.25, -0.2) is 0 Å². The van der Waals surface area contributed by atoms with E-state index in [1.165, 1.54) is 11.3 Å². The highest BCUT2D eigenvalue weighted by molar-refractivity contribution is 7.12. The molecule has 1 aromatic carbocycles. The Labute approximate surface area is 135 Å². The molecule has 5 nitrogen and oxygen atoms in total. The van der Waals surface area contributed by atoms with E-state index in [2.05, 4.69) is 21.6 Å². The summed E-state index contributed by atoms with van der Waals surface area (Å²) in [5, 5.41) is 14.8. The van der Waals surface area contributed by atoms with Crippen LogP contribution >= 0.6 is 11.3 Å². The van der Waals surface area contributed by atoms with Crippen molar-refractivity contribution in [1.82, 2.24) is 20.0 Å². The average Bonchev–Trinajstić information content (AvgIpc) is 3.23. The van der Waals surface area contributed by atoms with E-state index in [4.69, 9.17) is 0 Å². The minimum atomic E-state index is -0.0186. The lowest BCUT2D eigenvalue weighted by Crippen LogP contribution is -1.95. The number of allylic oxidation sites excluding steroid dienone is 1. The number of tetrazole rings is 1. The first kappa shape index (κ1) is 13.8. The number of hydrogen-bond donors (Lipinski definition) is 0. The van der Waals surface area contributed by atoms with Gasteiger partial charge in [0.05, 0.1) is 10.4 Å². The fraction of sp³-hybridized carbons (Fsp3) is 0.0588. The van der Waals surface area contributed by atoms with Crippen LogP contribution in [0.1, 0.15) is 20.8 Å². The molecule has 0 saturated carbocycles. The molecule has 0 fully saturated rings. The van der Waals surface area contributed by atoms with E-state index in [9.17, 15) is 4.79 Å². The van der Waals surface area contributed by atoms with Gasteiger partial charge in [0.2, 0.25) is 0 Å². The molecule has 112 valence electrons. The molecule has 0 aliphatic carbocycles. The van der Waals surface area contributed by atoms with Crippen LogP contribution in [0.25, 0.3) is 22.6 Å². The summed E-state index contributed by atoms with van der Waals surface area (Å²) in [6.45, 7) is 2.04. The summed E-state index contributed by atoms with van der Waals surface area (Å²) in [6.07, 6.45) is 3.34. The van der Waals surface area contributed by atoms with Crippen LogP contribution in [-0.2, 0) is 0 Å². The minimum Gasteiger partial charge on any atom is -0.288 e. The predicted octanol–water partition coefficient (Wildman–Crippen LogP) is 3.54. The van der Waals surface area contributed by atoms with Crippen LogP contribution in [0.15, 0.2) is 47.9 Å². The molecule has 23 heavy (non-hydrogen) atoms. The van der Waals surface area contributed by atoms with Crippen LogP contribution in [0.5, 0.6) is 0 Å². The highest BCUT2D eigenvalue weighted by atomic mass is 32.1. The summed E-state index contributed by atoms with van der Waals surface area (Å²) in [5.74, 6) is -0.0186. The number of pyridine rings is 1.